The number of carbonyl (C=O) groups excluding carboxylic acids is 1. The molecule has 0 spiro atoms. The first-order chi connectivity index (χ1) is 18.5. The third-order valence-corrected chi connectivity index (χ3v) is 7.27. The zero-order valence-corrected chi connectivity index (χ0v) is 22.7. The van der Waals surface area contributed by atoms with Gasteiger partial charge in [-0.1, -0.05) is 67.9 Å². The van der Waals surface area contributed by atoms with Gasteiger partial charge in [-0.25, -0.2) is 4.98 Å². The predicted molar refractivity (Wildman–Crippen MR) is 152 cm³/mol. The van der Waals surface area contributed by atoms with Crippen molar-refractivity contribution in [3.63, 3.8) is 0 Å². The molecule has 0 unspecified atom stereocenters. The number of ether oxygens (including phenoxy) is 1. The van der Waals surface area contributed by atoms with Crippen LogP contribution in [0.15, 0.2) is 60.8 Å². The van der Waals surface area contributed by atoms with Crippen molar-refractivity contribution in [3.8, 4) is 17.0 Å². The van der Waals surface area contributed by atoms with Crippen LogP contribution >= 0.6 is 11.6 Å². The van der Waals surface area contributed by atoms with E-state index in [-0.39, 0.29) is 17.9 Å². The summed E-state index contributed by atoms with van der Waals surface area (Å²) in [6.45, 7) is 7.35. The maximum Gasteiger partial charge on any atom is 0.244 e. The molecule has 1 atom stereocenters. The lowest BCUT2D eigenvalue weighted by atomic mass is 9.96. The first-order valence-corrected chi connectivity index (χ1v) is 13.3. The van der Waals surface area contributed by atoms with Crippen molar-refractivity contribution in [3.05, 3.63) is 71.4 Å². The lowest BCUT2D eigenvalue weighted by Gasteiger charge is -2.38. The summed E-state index contributed by atoms with van der Waals surface area (Å²) in [4.78, 5) is 22.7. The van der Waals surface area contributed by atoms with Gasteiger partial charge in [0.15, 0.2) is 5.65 Å². The number of methoxy groups -OCH3 is 1. The second-order valence-electron chi connectivity index (χ2n) is 9.82. The van der Waals surface area contributed by atoms with Crippen LogP contribution in [-0.2, 0) is 4.79 Å². The zero-order valence-electron chi connectivity index (χ0n) is 21.9. The molecule has 1 fully saturated rings. The Kier molecular flexibility index (Phi) is 7.81. The van der Waals surface area contributed by atoms with E-state index < -0.39 is 0 Å². The van der Waals surface area contributed by atoms with E-state index in [1.165, 1.54) is 0 Å². The average Bonchev–Trinajstić information content (AvgIpc) is 3.37. The molecule has 2 aromatic heterocycles. The number of hydrogen-bond donors (Lipinski definition) is 2. The number of aromatic nitrogens is 3. The van der Waals surface area contributed by atoms with Crippen LogP contribution in [0.3, 0.4) is 0 Å². The van der Waals surface area contributed by atoms with Gasteiger partial charge >= 0.3 is 0 Å². The van der Waals surface area contributed by atoms with Gasteiger partial charge in [0.1, 0.15) is 5.39 Å². The molecule has 9 heteroatoms. The molecule has 38 heavy (non-hydrogen) atoms. The van der Waals surface area contributed by atoms with Crippen molar-refractivity contribution in [1.29, 1.82) is 0 Å². The summed E-state index contributed by atoms with van der Waals surface area (Å²) in [7, 11) is 1.62. The SMILES string of the molecule is COc1n[nH]c2ncc(-c3ccccc3)c(N3CCN(C(=O)[C@H](CNC(C)C)c4ccc(Cl)cc4)CC3)c12. The number of nitrogens with zero attached hydrogens (tertiary/aromatic N) is 4. The molecule has 5 rings (SSSR count). The van der Waals surface area contributed by atoms with Gasteiger partial charge in [-0.05, 0) is 23.3 Å². The van der Waals surface area contributed by atoms with Gasteiger partial charge in [0.05, 0.1) is 18.7 Å². The number of fused-ring (bicyclic) bond motifs is 1. The number of pyridine rings is 1. The Balaban J connectivity index is 1.42. The van der Waals surface area contributed by atoms with Gasteiger partial charge in [-0.3, -0.25) is 9.89 Å². The molecule has 2 N–H and O–H groups in total. The molecule has 8 nitrogen and oxygen atoms in total. The fourth-order valence-electron chi connectivity index (χ4n) is 5.02. The number of benzene rings is 2. The van der Waals surface area contributed by atoms with E-state index in [1.54, 1.807) is 7.11 Å². The lowest BCUT2D eigenvalue weighted by Crippen LogP contribution is -2.51. The minimum absolute atomic E-state index is 0.129. The first kappa shape index (κ1) is 26.0. The lowest BCUT2D eigenvalue weighted by molar-refractivity contribution is -0.133. The van der Waals surface area contributed by atoms with Crippen LogP contribution in [0.1, 0.15) is 25.3 Å². The van der Waals surface area contributed by atoms with Crippen molar-refractivity contribution in [2.24, 2.45) is 0 Å². The summed E-state index contributed by atoms with van der Waals surface area (Å²) in [5.41, 5.74) is 4.76. The number of nitrogens with one attached hydrogen (secondary N) is 2. The number of piperazine rings is 1. The zero-order chi connectivity index (χ0) is 26.6. The molecule has 3 heterocycles. The highest BCUT2D eigenvalue weighted by atomic mass is 35.5. The minimum atomic E-state index is -0.275. The summed E-state index contributed by atoms with van der Waals surface area (Å²) in [6, 6.07) is 18.1. The largest absolute Gasteiger partial charge is 0.479 e. The van der Waals surface area contributed by atoms with E-state index in [4.69, 9.17) is 16.3 Å². The fraction of sp³-hybridized carbons (Fsp3) is 0.345. The Morgan fingerprint density at radius 2 is 1.79 bits per heavy atom. The molecule has 198 valence electrons. The Labute approximate surface area is 228 Å². The number of rotatable bonds is 8. The van der Waals surface area contributed by atoms with Gasteiger partial charge in [0.25, 0.3) is 0 Å². The smallest absolute Gasteiger partial charge is 0.244 e. The van der Waals surface area contributed by atoms with Crippen molar-refractivity contribution < 1.29 is 9.53 Å². The monoisotopic (exact) mass is 532 g/mol. The Morgan fingerprint density at radius 3 is 2.45 bits per heavy atom. The normalized spacial score (nSPS) is 14.8. The highest BCUT2D eigenvalue weighted by molar-refractivity contribution is 6.30. The highest BCUT2D eigenvalue weighted by Crippen LogP contribution is 2.40. The van der Waals surface area contributed by atoms with Crippen LogP contribution in [0.2, 0.25) is 5.02 Å². The third-order valence-electron chi connectivity index (χ3n) is 7.02. The highest BCUT2D eigenvalue weighted by Gasteiger charge is 2.31. The topological polar surface area (TPSA) is 86.4 Å². The van der Waals surface area contributed by atoms with Crippen LogP contribution in [0.4, 0.5) is 5.69 Å². The number of halogens is 1. The predicted octanol–water partition coefficient (Wildman–Crippen LogP) is 4.72. The summed E-state index contributed by atoms with van der Waals surface area (Å²) in [6.07, 6.45) is 1.89. The second-order valence-corrected chi connectivity index (χ2v) is 10.3. The molecule has 1 amide bonds. The van der Waals surface area contributed by atoms with E-state index in [0.717, 1.165) is 27.8 Å². The van der Waals surface area contributed by atoms with Crippen LogP contribution in [0, 0.1) is 0 Å². The van der Waals surface area contributed by atoms with Crippen molar-refractivity contribution in [2.75, 3.05) is 44.7 Å². The molecular weight excluding hydrogens is 500 g/mol. The maximum absolute atomic E-state index is 13.8. The Morgan fingerprint density at radius 1 is 1.08 bits per heavy atom. The van der Waals surface area contributed by atoms with E-state index >= 15 is 0 Å². The van der Waals surface area contributed by atoms with Crippen molar-refractivity contribution in [2.45, 2.75) is 25.8 Å². The Bertz CT molecular complexity index is 1380. The first-order valence-electron chi connectivity index (χ1n) is 12.9. The molecule has 0 aliphatic carbocycles. The fourth-order valence-corrected chi connectivity index (χ4v) is 5.15. The second kappa shape index (κ2) is 11.4. The maximum atomic E-state index is 13.8. The van der Waals surface area contributed by atoms with E-state index in [0.29, 0.717) is 49.3 Å². The molecule has 1 saturated heterocycles. The number of hydrogen-bond acceptors (Lipinski definition) is 6. The van der Waals surface area contributed by atoms with Gasteiger partial charge < -0.3 is 19.9 Å². The number of amides is 1. The van der Waals surface area contributed by atoms with Crippen molar-refractivity contribution in [1.82, 2.24) is 25.4 Å². The molecule has 1 aliphatic heterocycles. The van der Waals surface area contributed by atoms with Gasteiger partial charge in [0.2, 0.25) is 11.8 Å². The number of H-pyrrole nitrogens is 1. The molecule has 0 radical (unpaired) electrons. The number of anilines is 1. The van der Waals surface area contributed by atoms with E-state index in [1.807, 2.05) is 53.6 Å². The van der Waals surface area contributed by atoms with Gasteiger partial charge in [-0.2, -0.15) is 0 Å². The average molecular weight is 533 g/mol. The molecule has 0 saturated carbocycles. The van der Waals surface area contributed by atoms with Crippen LogP contribution in [0.25, 0.3) is 22.2 Å². The standard InChI is InChI=1S/C29H33ClN6O2/c1-19(2)31-18-24(21-9-11-22(30)12-10-21)29(37)36-15-13-35(14-16-36)26-23(20-7-5-4-6-8-20)17-32-27-25(26)28(38-3)34-33-27/h4-12,17,19,24,31H,13-16,18H2,1-3H3,(H,32,33,34)/t24-/m1/s1. The number of carbonyl (C=O) groups is 1. The van der Waals surface area contributed by atoms with Crippen molar-refractivity contribution >= 4 is 34.2 Å². The van der Waals surface area contributed by atoms with Gasteiger partial charge in [0, 0.05) is 55.5 Å². The minimum Gasteiger partial charge on any atom is -0.479 e. The molecular formula is C29H33ClN6O2. The Hall–Kier alpha value is -3.62. The number of aromatic amines is 1. The van der Waals surface area contributed by atoms with E-state index in [9.17, 15) is 4.79 Å². The summed E-state index contributed by atoms with van der Waals surface area (Å²) in [5, 5.41) is 12.3. The molecule has 4 aromatic rings. The summed E-state index contributed by atoms with van der Waals surface area (Å²) in [5.74, 6) is 0.369. The molecule has 1 aliphatic rings. The van der Waals surface area contributed by atoms with Gasteiger partial charge in [-0.15, -0.1) is 5.10 Å². The van der Waals surface area contributed by atoms with Crippen LogP contribution < -0.4 is 15.0 Å². The molecule has 2 aromatic carbocycles. The van der Waals surface area contributed by atoms with Crippen LogP contribution in [0.5, 0.6) is 5.88 Å². The molecule has 0 bridgehead atoms. The third kappa shape index (κ3) is 5.33. The van der Waals surface area contributed by atoms with E-state index in [2.05, 4.69) is 51.4 Å². The van der Waals surface area contributed by atoms with Crippen LogP contribution in [-0.4, -0.2) is 71.9 Å². The summed E-state index contributed by atoms with van der Waals surface area (Å²) < 4.78 is 5.59. The quantitative estimate of drug-likeness (QED) is 0.341. The summed E-state index contributed by atoms with van der Waals surface area (Å²) >= 11 is 6.12.